The third-order valence-corrected chi connectivity index (χ3v) is 4.19. The monoisotopic (exact) mass is 394 g/mol. The summed E-state index contributed by atoms with van der Waals surface area (Å²) >= 11 is 0. The number of carbonyl (C=O) groups excluding carboxylic acids is 1. The molecule has 2 aromatic heterocycles. The molecule has 0 aliphatic heterocycles. The lowest BCUT2D eigenvalue weighted by atomic mass is 10.1. The van der Waals surface area contributed by atoms with E-state index in [0.717, 1.165) is 23.1 Å². The number of aliphatic carboxylic acids is 1. The van der Waals surface area contributed by atoms with Crippen LogP contribution in [0.5, 0.6) is 11.5 Å². The van der Waals surface area contributed by atoms with Crippen LogP contribution in [0, 0.1) is 0 Å². The summed E-state index contributed by atoms with van der Waals surface area (Å²) in [5.41, 5.74) is 2.45. The molecule has 7 nitrogen and oxygen atoms in total. The summed E-state index contributed by atoms with van der Waals surface area (Å²) < 4.78 is 20.7. The number of furan rings is 2. The summed E-state index contributed by atoms with van der Waals surface area (Å²) in [5.74, 6) is 0.432. The number of ether oxygens (including phenoxy) is 2. The lowest BCUT2D eigenvalue weighted by molar-refractivity contribution is -0.131. The number of hydrogen-bond donors (Lipinski definition) is 1. The first kappa shape index (κ1) is 19.8. The van der Waals surface area contributed by atoms with Crippen molar-refractivity contribution in [2.24, 2.45) is 0 Å². The fraction of sp³-hybridized carbons (Fsp3) is 0.0909. The maximum absolute atomic E-state index is 10.6. The first-order valence-corrected chi connectivity index (χ1v) is 8.53. The van der Waals surface area contributed by atoms with Gasteiger partial charge in [-0.3, -0.25) is 4.79 Å². The van der Waals surface area contributed by atoms with E-state index in [1.165, 1.54) is 6.08 Å². The minimum atomic E-state index is -0.990. The normalized spacial score (nSPS) is 10.7. The number of methoxy groups -OCH3 is 2. The molecular weight excluding hydrogens is 376 g/mol. The largest absolute Gasteiger partial charge is 0.496 e. The van der Waals surface area contributed by atoms with Gasteiger partial charge >= 0.3 is 5.97 Å². The van der Waals surface area contributed by atoms with Crippen molar-refractivity contribution in [1.82, 2.24) is 0 Å². The Balaban J connectivity index is 0.000000169. The van der Waals surface area contributed by atoms with Gasteiger partial charge < -0.3 is 23.4 Å². The molecule has 0 atom stereocenters. The lowest BCUT2D eigenvalue weighted by Crippen LogP contribution is -1.87. The molecule has 148 valence electrons. The molecule has 0 saturated carbocycles. The maximum Gasteiger partial charge on any atom is 0.328 e. The zero-order chi connectivity index (χ0) is 20.8. The first-order valence-electron chi connectivity index (χ1n) is 8.53. The van der Waals surface area contributed by atoms with E-state index in [-0.39, 0.29) is 0 Å². The third kappa shape index (κ3) is 4.14. The Hall–Kier alpha value is -4.00. The molecule has 4 aromatic rings. The Morgan fingerprint density at radius 3 is 1.86 bits per heavy atom. The van der Waals surface area contributed by atoms with Crippen molar-refractivity contribution in [3.05, 3.63) is 66.1 Å². The molecule has 29 heavy (non-hydrogen) atoms. The molecule has 4 rings (SSSR count). The Morgan fingerprint density at radius 1 is 0.862 bits per heavy atom. The molecule has 0 saturated heterocycles. The van der Waals surface area contributed by atoms with E-state index in [0.29, 0.717) is 33.8 Å². The SMILES string of the molecule is COc1ccc(/C=C/C(=O)O)c2occc12.COc1ccc(C=O)c2occc12. The quantitative estimate of drug-likeness (QED) is 0.384. The Bertz CT molecular complexity index is 1180. The predicted molar refractivity (Wildman–Crippen MR) is 108 cm³/mol. The van der Waals surface area contributed by atoms with E-state index >= 15 is 0 Å². The van der Waals surface area contributed by atoms with Gasteiger partial charge in [-0.1, -0.05) is 0 Å². The van der Waals surface area contributed by atoms with Gasteiger partial charge in [0.15, 0.2) is 6.29 Å². The van der Waals surface area contributed by atoms with Gasteiger partial charge in [0.05, 0.1) is 43.1 Å². The van der Waals surface area contributed by atoms with Crippen molar-refractivity contribution in [1.29, 1.82) is 0 Å². The Morgan fingerprint density at radius 2 is 1.38 bits per heavy atom. The van der Waals surface area contributed by atoms with E-state index in [4.69, 9.17) is 23.4 Å². The van der Waals surface area contributed by atoms with E-state index in [1.807, 2.05) is 0 Å². The number of aldehydes is 1. The van der Waals surface area contributed by atoms with E-state index in [1.54, 1.807) is 63.1 Å². The summed E-state index contributed by atoms with van der Waals surface area (Å²) in [6.07, 6.45) is 6.42. The fourth-order valence-electron chi connectivity index (χ4n) is 2.86. The molecule has 0 unspecified atom stereocenters. The molecule has 2 heterocycles. The van der Waals surface area contributed by atoms with Crippen LogP contribution in [-0.4, -0.2) is 31.6 Å². The molecule has 0 fully saturated rings. The molecule has 2 aromatic carbocycles. The summed E-state index contributed by atoms with van der Waals surface area (Å²) in [6.45, 7) is 0. The second-order valence-electron chi connectivity index (χ2n) is 5.83. The number of carboxylic acids is 1. The van der Waals surface area contributed by atoms with Crippen LogP contribution in [0.2, 0.25) is 0 Å². The summed E-state index contributed by atoms with van der Waals surface area (Å²) in [6, 6.07) is 10.5. The highest BCUT2D eigenvalue weighted by molar-refractivity contribution is 5.97. The van der Waals surface area contributed by atoms with Crippen LogP contribution in [0.3, 0.4) is 0 Å². The number of hydrogen-bond acceptors (Lipinski definition) is 6. The van der Waals surface area contributed by atoms with Crippen LogP contribution in [0.25, 0.3) is 28.0 Å². The smallest absolute Gasteiger partial charge is 0.328 e. The van der Waals surface area contributed by atoms with Crippen molar-refractivity contribution in [3.63, 3.8) is 0 Å². The molecule has 0 aliphatic carbocycles. The zero-order valence-electron chi connectivity index (χ0n) is 15.7. The molecule has 0 bridgehead atoms. The molecule has 0 spiro atoms. The van der Waals surface area contributed by atoms with Gasteiger partial charge in [0.25, 0.3) is 0 Å². The molecule has 7 heteroatoms. The van der Waals surface area contributed by atoms with E-state index in [2.05, 4.69) is 0 Å². The van der Waals surface area contributed by atoms with Crippen LogP contribution in [-0.2, 0) is 4.79 Å². The number of carbonyl (C=O) groups is 2. The topological polar surface area (TPSA) is 99.1 Å². The minimum absolute atomic E-state index is 0.542. The van der Waals surface area contributed by atoms with Crippen LogP contribution in [0.15, 0.2) is 63.8 Å². The standard InChI is InChI=1S/C12H10O4.C10H8O3/c1-15-10-4-2-8(3-5-11(13)14)12-9(10)6-7-16-12;1-12-9-3-2-7(6-11)10-8(9)4-5-13-10/h2-7H,1H3,(H,13,14);2-6H,1H3/b5-3+;. The third-order valence-electron chi connectivity index (χ3n) is 4.19. The second-order valence-corrected chi connectivity index (χ2v) is 5.83. The van der Waals surface area contributed by atoms with Crippen LogP contribution in [0.1, 0.15) is 15.9 Å². The van der Waals surface area contributed by atoms with Crippen molar-refractivity contribution >= 4 is 40.3 Å². The van der Waals surface area contributed by atoms with Crippen LogP contribution >= 0.6 is 0 Å². The average Bonchev–Trinajstić information content (AvgIpc) is 3.41. The second kappa shape index (κ2) is 8.79. The average molecular weight is 394 g/mol. The van der Waals surface area contributed by atoms with Gasteiger partial charge in [0.1, 0.15) is 22.7 Å². The van der Waals surface area contributed by atoms with Gasteiger partial charge in [-0.25, -0.2) is 4.79 Å². The Kier molecular flexibility index (Phi) is 5.99. The molecule has 0 aliphatic rings. The number of carboxylic acid groups (broad SMARTS) is 1. The summed E-state index contributed by atoms with van der Waals surface area (Å²) in [7, 11) is 3.16. The lowest BCUT2D eigenvalue weighted by Gasteiger charge is -2.02. The highest BCUT2D eigenvalue weighted by Gasteiger charge is 2.08. The van der Waals surface area contributed by atoms with Crippen molar-refractivity contribution in [3.8, 4) is 11.5 Å². The first-order chi connectivity index (χ1) is 14.1. The van der Waals surface area contributed by atoms with Gasteiger partial charge in [-0.2, -0.15) is 0 Å². The highest BCUT2D eigenvalue weighted by Crippen LogP contribution is 2.30. The molecular formula is C22H18O7. The minimum Gasteiger partial charge on any atom is -0.496 e. The molecule has 0 amide bonds. The van der Waals surface area contributed by atoms with Gasteiger partial charge in [0.2, 0.25) is 0 Å². The van der Waals surface area contributed by atoms with Crippen LogP contribution < -0.4 is 9.47 Å². The predicted octanol–water partition coefficient (Wildman–Crippen LogP) is 4.79. The zero-order valence-corrected chi connectivity index (χ0v) is 15.7. The van der Waals surface area contributed by atoms with Gasteiger partial charge in [-0.15, -0.1) is 0 Å². The van der Waals surface area contributed by atoms with E-state index in [9.17, 15) is 9.59 Å². The molecule has 0 radical (unpaired) electrons. The summed E-state index contributed by atoms with van der Waals surface area (Å²) in [4.78, 5) is 21.0. The maximum atomic E-state index is 10.6. The van der Waals surface area contributed by atoms with Gasteiger partial charge in [-0.05, 0) is 42.5 Å². The highest BCUT2D eigenvalue weighted by atomic mass is 16.5. The number of rotatable bonds is 5. The van der Waals surface area contributed by atoms with Crippen LogP contribution in [0.4, 0.5) is 0 Å². The van der Waals surface area contributed by atoms with Gasteiger partial charge in [0, 0.05) is 11.6 Å². The van der Waals surface area contributed by atoms with Crippen molar-refractivity contribution in [2.45, 2.75) is 0 Å². The number of benzene rings is 2. The number of fused-ring (bicyclic) bond motifs is 2. The Labute approximate surface area is 165 Å². The summed E-state index contributed by atoms with van der Waals surface area (Å²) in [5, 5.41) is 10.2. The van der Waals surface area contributed by atoms with Crippen molar-refractivity contribution < 1.29 is 33.0 Å². The fourth-order valence-corrected chi connectivity index (χ4v) is 2.86. The molecule has 1 N–H and O–H groups in total. The van der Waals surface area contributed by atoms with Crippen molar-refractivity contribution in [2.75, 3.05) is 14.2 Å². The van der Waals surface area contributed by atoms with E-state index < -0.39 is 5.97 Å².